The number of rotatable bonds is 4. The lowest BCUT2D eigenvalue weighted by Crippen LogP contribution is -2.45. The second-order valence-electron chi connectivity index (χ2n) is 6.15. The maximum Gasteiger partial charge on any atom is 0.288 e. The van der Waals surface area contributed by atoms with Crippen molar-refractivity contribution >= 4 is 17.4 Å². The Morgan fingerprint density at radius 1 is 1.04 bits per heavy atom. The number of aryl methyl sites for hydroxylation is 1. The van der Waals surface area contributed by atoms with E-state index in [4.69, 9.17) is 0 Å². The average Bonchev–Trinajstić information content (AvgIpc) is 3.18. The van der Waals surface area contributed by atoms with E-state index in [0.717, 1.165) is 25.1 Å². The van der Waals surface area contributed by atoms with Gasteiger partial charge in [-0.3, -0.25) is 20.0 Å². The van der Waals surface area contributed by atoms with E-state index in [1.54, 1.807) is 24.3 Å². The van der Waals surface area contributed by atoms with Gasteiger partial charge in [-0.15, -0.1) is 0 Å². The molecule has 2 heterocycles. The van der Waals surface area contributed by atoms with Crippen LogP contribution < -0.4 is 10.4 Å². The van der Waals surface area contributed by atoms with Crippen LogP contribution in [-0.4, -0.2) is 28.2 Å². The zero-order valence-electron chi connectivity index (χ0n) is 14.1. The van der Waals surface area contributed by atoms with Crippen LogP contribution in [0.25, 0.3) is 0 Å². The molecule has 0 unspecified atom stereocenters. The van der Waals surface area contributed by atoms with E-state index in [2.05, 4.69) is 21.5 Å². The third-order valence-electron chi connectivity index (χ3n) is 4.46. The van der Waals surface area contributed by atoms with Crippen molar-refractivity contribution in [3.63, 3.8) is 0 Å². The van der Waals surface area contributed by atoms with E-state index in [1.807, 2.05) is 29.3 Å². The summed E-state index contributed by atoms with van der Waals surface area (Å²) >= 11 is 0. The van der Waals surface area contributed by atoms with Gasteiger partial charge in [0.2, 0.25) is 5.78 Å². The summed E-state index contributed by atoms with van der Waals surface area (Å²) in [5.41, 5.74) is 5.87. The highest BCUT2D eigenvalue weighted by Crippen LogP contribution is 2.25. The van der Waals surface area contributed by atoms with Gasteiger partial charge in [-0.25, -0.2) is 4.98 Å². The van der Waals surface area contributed by atoms with Crippen LogP contribution in [0.1, 0.15) is 38.5 Å². The van der Waals surface area contributed by atoms with Gasteiger partial charge in [-0.05, 0) is 24.5 Å². The van der Waals surface area contributed by atoms with Gasteiger partial charge in [-0.2, -0.15) is 0 Å². The van der Waals surface area contributed by atoms with E-state index in [9.17, 15) is 9.59 Å². The number of nitrogens with one attached hydrogen (secondary N) is 2. The Morgan fingerprint density at radius 3 is 2.65 bits per heavy atom. The van der Waals surface area contributed by atoms with Crippen molar-refractivity contribution < 1.29 is 9.59 Å². The van der Waals surface area contributed by atoms with Gasteiger partial charge in [0.15, 0.2) is 0 Å². The number of nitrogens with zero attached hydrogens (tertiary/aromatic N) is 2. The van der Waals surface area contributed by atoms with Crippen LogP contribution in [0.3, 0.4) is 0 Å². The minimum atomic E-state index is -0.376. The minimum Gasteiger partial charge on any atom is -0.340 e. The zero-order valence-corrected chi connectivity index (χ0v) is 14.1. The fourth-order valence-corrected chi connectivity index (χ4v) is 3.19. The molecule has 0 saturated carbocycles. The van der Waals surface area contributed by atoms with E-state index in [1.165, 1.54) is 11.9 Å². The van der Waals surface area contributed by atoms with Crippen LogP contribution in [-0.2, 0) is 6.42 Å². The maximum atomic E-state index is 12.8. The molecule has 1 amide bonds. The molecule has 0 saturated heterocycles. The Kier molecular flexibility index (Phi) is 4.23. The topological polar surface area (TPSA) is 78.1 Å². The first-order valence-corrected chi connectivity index (χ1v) is 8.53. The molecule has 1 aromatic heterocycles. The summed E-state index contributed by atoms with van der Waals surface area (Å²) < 4.78 is 0. The molecule has 1 aliphatic heterocycles. The van der Waals surface area contributed by atoms with Gasteiger partial charge in [0, 0.05) is 12.1 Å². The quantitative estimate of drug-likeness (QED) is 0.712. The smallest absolute Gasteiger partial charge is 0.288 e. The normalized spacial score (nSPS) is 13.2. The summed E-state index contributed by atoms with van der Waals surface area (Å²) in [6.45, 7) is 0.721. The molecule has 6 nitrogen and oxygen atoms in total. The largest absolute Gasteiger partial charge is 0.340 e. The molecular weight excluding hydrogens is 328 g/mol. The lowest BCUT2D eigenvalue weighted by molar-refractivity contribution is 0.0932. The van der Waals surface area contributed by atoms with Gasteiger partial charge < -0.3 is 4.98 Å². The molecule has 0 atom stereocenters. The van der Waals surface area contributed by atoms with Crippen LogP contribution in [0.5, 0.6) is 0 Å². The lowest BCUT2D eigenvalue weighted by atomic mass is 10.0. The van der Waals surface area contributed by atoms with Crippen molar-refractivity contribution in [3.8, 4) is 0 Å². The maximum absolute atomic E-state index is 12.8. The fourth-order valence-electron chi connectivity index (χ4n) is 3.19. The molecule has 0 aliphatic carbocycles. The Balaban J connectivity index is 1.58. The molecule has 3 aromatic rings. The highest BCUT2D eigenvalue weighted by molar-refractivity contribution is 6.13. The Hall–Kier alpha value is -3.41. The number of aromatic amines is 1. The number of hydrogen-bond donors (Lipinski definition) is 2. The van der Waals surface area contributed by atoms with Gasteiger partial charge in [0.1, 0.15) is 11.4 Å². The Bertz CT molecular complexity index is 949. The number of H-pyrrole nitrogens is 1. The van der Waals surface area contributed by atoms with Crippen molar-refractivity contribution in [2.24, 2.45) is 0 Å². The summed E-state index contributed by atoms with van der Waals surface area (Å²) in [6.07, 6.45) is 3.32. The van der Waals surface area contributed by atoms with Crippen molar-refractivity contribution in [3.05, 3.63) is 83.4 Å². The second kappa shape index (κ2) is 6.84. The first kappa shape index (κ1) is 16.1. The third-order valence-corrected chi connectivity index (χ3v) is 4.46. The predicted molar refractivity (Wildman–Crippen MR) is 98.0 cm³/mol. The summed E-state index contributed by atoms with van der Waals surface area (Å²) in [5.74, 6) is -0.658. The van der Waals surface area contributed by atoms with Crippen LogP contribution in [0.15, 0.2) is 60.9 Å². The molecule has 0 spiro atoms. The molecule has 0 radical (unpaired) electrons. The van der Waals surface area contributed by atoms with Crippen LogP contribution in [0, 0.1) is 0 Å². The fraction of sp³-hybridized carbons (Fsp3) is 0.150. The number of benzene rings is 2. The van der Waals surface area contributed by atoms with Crippen molar-refractivity contribution in [1.82, 2.24) is 15.4 Å². The molecule has 0 fully saturated rings. The van der Waals surface area contributed by atoms with E-state index >= 15 is 0 Å². The summed E-state index contributed by atoms with van der Waals surface area (Å²) in [5, 5.41) is 1.83. The number of carbonyl (C=O) groups excluding carboxylic acids is 2. The molecule has 130 valence electrons. The SMILES string of the molecule is O=C(c1ccccc1)c1nc[nH]c1C(=O)NN1CCCc2ccccc21. The van der Waals surface area contributed by atoms with Crippen molar-refractivity contribution in [2.45, 2.75) is 12.8 Å². The second-order valence-corrected chi connectivity index (χ2v) is 6.15. The highest BCUT2D eigenvalue weighted by atomic mass is 16.2. The van der Waals surface area contributed by atoms with Crippen LogP contribution in [0.2, 0.25) is 0 Å². The van der Waals surface area contributed by atoms with Gasteiger partial charge in [0.25, 0.3) is 5.91 Å². The summed E-state index contributed by atoms with van der Waals surface area (Å²) in [4.78, 5) is 32.3. The predicted octanol–water partition coefficient (Wildman–Crippen LogP) is 2.74. The van der Waals surface area contributed by atoms with Crippen LogP contribution in [0.4, 0.5) is 5.69 Å². The number of ketones is 1. The summed E-state index contributed by atoms with van der Waals surface area (Å²) in [6, 6.07) is 16.8. The molecule has 4 rings (SSSR count). The number of fused-ring (bicyclic) bond motifs is 1. The molecule has 2 N–H and O–H groups in total. The number of imidazole rings is 1. The monoisotopic (exact) mass is 346 g/mol. The first-order valence-electron chi connectivity index (χ1n) is 8.53. The number of hydrogen-bond acceptors (Lipinski definition) is 4. The lowest BCUT2D eigenvalue weighted by Gasteiger charge is -2.31. The van der Waals surface area contributed by atoms with Crippen molar-refractivity contribution in [2.75, 3.05) is 11.6 Å². The van der Waals surface area contributed by atoms with Crippen molar-refractivity contribution in [1.29, 1.82) is 0 Å². The summed E-state index contributed by atoms with van der Waals surface area (Å²) in [7, 11) is 0. The van der Waals surface area contributed by atoms with Gasteiger partial charge >= 0.3 is 0 Å². The van der Waals surface area contributed by atoms with E-state index in [0.29, 0.717) is 5.56 Å². The van der Waals surface area contributed by atoms with Gasteiger partial charge in [-0.1, -0.05) is 48.5 Å². The van der Waals surface area contributed by atoms with Crippen LogP contribution >= 0.6 is 0 Å². The number of carbonyl (C=O) groups is 2. The average molecular weight is 346 g/mol. The molecule has 2 aromatic carbocycles. The number of anilines is 1. The Labute approximate surface area is 150 Å². The molecule has 1 aliphatic rings. The Morgan fingerprint density at radius 2 is 1.81 bits per heavy atom. The first-order chi connectivity index (χ1) is 12.7. The molecular formula is C20H18N4O2. The van der Waals surface area contributed by atoms with E-state index in [-0.39, 0.29) is 23.1 Å². The molecule has 0 bridgehead atoms. The van der Waals surface area contributed by atoms with E-state index < -0.39 is 0 Å². The molecule has 26 heavy (non-hydrogen) atoms. The standard InChI is InChI=1S/C20H18N4O2/c25-19(15-8-2-1-3-9-15)17-18(22-13-21-17)20(26)23-24-12-6-10-14-7-4-5-11-16(14)24/h1-5,7-9,11,13H,6,10,12H2,(H,21,22)(H,23,26). The number of hydrazine groups is 1. The highest BCUT2D eigenvalue weighted by Gasteiger charge is 2.24. The van der Waals surface area contributed by atoms with Gasteiger partial charge in [0.05, 0.1) is 12.0 Å². The molecule has 6 heteroatoms. The minimum absolute atomic E-state index is 0.124. The number of aromatic nitrogens is 2. The number of amides is 1. The zero-order chi connectivity index (χ0) is 17.9. The third kappa shape index (κ3) is 2.97. The number of para-hydroxylation sites is 1.